The molecule has 2 aromatic rings. The molecule has 1 atom stereocenters. The van der Waals surface area contributed by atoms with Crippen LogP contribution in [0.5, 0.6) is 11.5 Å². The van der Waals surface area contributed by atoms with Crippen LogP contribution in [0.4, 0.5) is 0 Å². The van der Waals surface area contributed by atoms with Crippen LogP contribution in [-0.4, -0.2) is 14.2 Å². The quantitative estimate of drug-likeness (QED) is 0.934. The van der Waals surface area contributed by atoms with Crippen LogP contribution in [0.2, 0.25) is 5.02 Å². The first-order chi connectivity index (χ1) is 9.58. The summed E-state index contributed by atoms with van der Waals surface area (Å²) in [7, 11) is 3.25. The standard InChI is InChI=1S/C16H18ClNO2/c1-10-12(5-4-6-14(10)17)16(18)13-9-11(19-2)7-8-15(13)20-3/h4-9,16H,18H2,1-3H3. The minimum atomic E-state index is -0.321. The number of hydrogen-bond acceptors (Lipinski definition) is 3. The smallest absolute Gasteiger partial charge is 0.124 e. The Labute approximate surface area is 124 Å². The minimum absolute atomic E-state index is 0.321. The molecular formula is C16H18ClNO2. The number of benzene rings is 2. The third kappa shape index (κ3) is 2.74. The summed E-state index contributed by atoms with van der Waals surface area (Å²) in [5.74, 6) is 1.48. The molecule has 0 saturated carbocycles. The van der Waals surface area contributed by atoms with E-state index in [0.717, 1.165) is 28.2 Å². The van der Waals surface area contributed by atoms with Crippen molar-refractivity contribution in [1.29, 1.82) is 0 Å². The maximum absolute atomic E-state index is 6.39. The average Bonchev–Trinajstić information content (AvgIpc) is 2.48. The zero-order valence-electron chi connectivity index (χ0n) is 11.8. The summed E-state index contributed by atoms with van der Waals surface area (Å²) in [6.07, 6.45) is 0. The lowest BCUT2D eigenvalue weighted by Crippen LogP contribution is -2.14. The van der Waals surface area contributed by atoms with Crippen molar-refractivity contribution >= 4 is 11.6 Å². The molecule has 20 heavy (non-hydrogen) atoms. The topological polar surface area (TPSA) is 44.5 Å². The van der Waals surface area contributed by atoms with Crippen LogP contribution in [0.3, 0.4) is 0 Å². The summed E-state index contributed by atoms with van der Waals surface area (Å²) < 4.78 is 10.6. The minimum Gasteiger partial charge on any atom is -0.497 e. The highest BCUT2D eigenvalue weighted by molar-refractivity contribution is 6.31. The third-order valence-electron chi connectivity index (χ3n) is 3.42. The Balaban J connectivity index is 2.51. The van der Waals surface area contributed by atoms with Gasteiger partial charge in [0.25, 0.3) is 0 Å². The van der Waals surface area contributed by atoms with E-state index in [9.17, 15) is 0 Å². The Bertz CT molecular complexity index is 613. The van der Waals surface area contributed by atoms with Crippen LogP contribution in [0, 0.1) is 6.92 Å². The Kier molecular flexibility index (Phi) is 4.53. The Hall–Kier alpha value is -1.71. The molecule has 0 heterocycles. The molecule has 2 aromatic carbocycles. The lowest BCUT2D eigenvalue weighted by molar-refractivity contribution is 0.397. The molecule has 0 saturated heterocycles. The molecule has 0 amide bonds. The number of nitrogens with two attached hydrogens (primary N) is 1. The van der Waals surface area contributed by atoms with Gasteiger partial charge in [-0.2, -0.15) is 0 Å². The van der Waals surface area contributed by atoms with Gasteiger partial charge in [0.1, 0.15) is 11.5 Å². The molecule has 106 valence electrons. The second-order valence-corrected chi connectivity index (χ2v) is 4.95. The van der Waals surface area contributed by atoms with Crippen molar-refractivity contribution in [3.05, 3.63) is 58.1 Å². The number of rotatable bonds is 4. The second kappa shape index (κ2) is 6.16. The SMILES string of the molecule is COc1ccc(OC)c(C(N)c2cccc(Cl)c2C)c1. The summed E-state index contributed by atoms with van der Waals surface area (Å²) >= 11 is 6.17. The van der Waals surface area contributed by atoms with Crippen LogP contribution in [-0.2, 0) is 0 Å². The molecular weight excluding hydrogens is 274 g/mol. The van der Waals surface area contributed by atoms with Gasteiger partial charge >= 0.3 is 0 Å². The molecule has 3 nitrogen and oxygen atoms in total. The van der Waals surface area contributed by atoms with Crippen molar-refractivity contribution < 1.29 is 9.47 Å². The van der Waals surface area contributed by atoms with Gasteiger partial charge in [-0.25, -0.2) is 0 Å². The molecule has 0 aromatic heterocycles. The highest BCUT2D eigenvalue weighted by atomic mass is 35.5. The van der Waals surface area contributed by atoms with Crippen molar-refractivity contribution in [2.75, 3.05) is 14.2 Å². The predicted octanol–water partition coefficient (Wildman–Crippen LogP) is 3.71. The second-order valence-electron chi connectivity index (χ2n) is 4.54. The van der Waals surface area contributed by atoms with Gasteiger partial charge in [-0.1, -0.05) is 23.7 Å². The van der Waals surface area contributed by atoms with Crippen molar-refractivity contribution in [1.82, 2.24) is 0 Å². The van der Waals surface area contributed by atoms with Crippen molar-refractivity contribution in [2.24, 2.45) is 5.73 Å². The normalized spacial score (nSPS) is 12.1. The highest BCUT2D eigenvalue weighted by Gasteiger charge is 2.17. The predicted molar refractivity (Wildman–Crippen MR) is 81.8 cm³/mol. The fourth-order valence-corrected chi connectivity index (χ4v) is 2.39. The van der Waals surface area contributed by atoms with E-state index in [4.69, 9.17) is 26.8 Å². The molecule has 0 radical (unpaired) electrons. The molecule has 4 heteroatoms. The molecule has 2 rings (SSSR count). The van der Waals surface area contributed by atoms with Crippen molar-refractivity contribution in [3.8, 4) is 11.5 Å². The van der Waals surface area contributed by atoms with E-state index < -0.39 is 0 Å². The lowest BCUT2D eigenvalue weighted by Gasteiger charge is -2.19. The van der Waals surface area contributed by atoms with E-state index in [2.05, 4.69) is 0 Å². The van der Waals surface area contributed by atoms with E-state index in [1.165, 1.54) is 0 Å². The van der Waals surface area contributed by atoms with E-state index in [1.54, 1.807) is 14.2 Å². The van der Waals surface area contributed by atoms with E-state index in [-0.39, 0.29) is 6.04 Å². The summed E-state index contributed by atoms with van der Waals surface area (Å²) in [4.78, 5) is 0. The van der Waals surface area contributed by atoms with Crippen LogP contribution in [0.1, 0.15) is 22.7 Å². The largest absolute Gasteiger partial charge is 0.497 e. The molecule has 0 aliphatic carbocycles. The molecule has 0 spiro atoms. The summed E-state index contributed by atoms with van der Waals surface area (Å²) in [5, 5.41) is 0.708. The van der Waals surface area contributed by atoms with Gasteiger partial charge in [0.15, 0.2) is 0 Å². The molecule has 0 aliphatic heterocycles. The summed E-state index contributed by atoms with van der Waals surface area (Å²) in [6.45, 7) is 1.96. The number of ether oxygens (including phenoxy) is 2. The first-order valence-electron chi connectivity index (χ1n) is 6.31. The first kappa shape index (κ1) is 14.7. The van der Waals surface area contributed by atoms with Crippen molar-refractivity contribution in [3.63, 3.8) is 0 Å². The van der Waals surface area contributed by atoms with Gasteiger partial charge < -0.3 is 15.2 Å². The summed E-state index contributed by atoms with van der Waals surface area (Å²) in [5.41, 5.74) is 9.22. The third-order valence-corrected chi connectivity index (χ3v) is 3.83. The van der Waals surface area contributed by atoms with Crippen LogP contribution in [0.15, 0.2) is 36.4 Å². The number of hydrogen-bond donors (Lipinski definition) is 1. The number of halogens is 1. The highest BCUT2D eigenvalue weighted by Crippen LogP contribution is 2.34. The Morgan fingerprint density at radius 1 is 1.05 bits per heavy atom. The molecule has 2 N–H and O–H groups in total. The Morgan fingerprint density at radius 3 is 2.45 bits per heavy atom. The first-order valence-corrected chi connectivity index (χ1v) is 6.68. The maximum atomic E-state index is 6.39. The van der Waals surface area contributed by atoms with Crippen LogP contribution < -0.4 is 15.2 Å². The van der Waals surface area contributed by atoms with Gasteiger partial charge in [-0.3, -0.25) is 0 Å². The van der Waals surface area contributed by atoms with Gasteiger partial charge in [0.2, 0.25) is 0 Å². The van der Waals surface area contributed by atoms with Gasteiger partial charge in [0, 0.05) is 10.6 Å². The van der Waals surface area contributed by atoms with Gasteiger partial charge in [-0.15, -0.1) is 0 Å². The van der Waals surface area contributed by atoms with Crippen LogP contribution in [0.25, 0.3) is 0 Å². The van der Waals surface area contributed by atoms with Gasteiger partial charge in [-0.05, 0) is 42.3 Å². The van der Waals surface area contributed by atoms with Gasteiger partial charge in [0.05, 0.1) is 20.3 Å². The van der Waals surface area contributed by atoms with E-state index in [1.807, 2.05) is 43.3 Å². The van der Waals surface area contributed by atoms with E-state index in [0.29, 0.717) is 5.02 Å². The Morgan fingerprint density at radius 2 is 1.80 bits per heavy atom. The lowest BCUT2D eigenvalue weighted by atomic mass is 9.95. The fourth-order valence-electron chi connectivity index (χ4n) is 2.21. The van der Waals surface area contributed by atoms with Crippen molar-refractivity contribution in [2.45, 2.75) is 13.0 Å². The average molecular weight is 292 g/mol. The zero-order chi connectivity index (χ0) is 14.7. The molecule has 0 bridgehead atoms. The van der Waals surface area contributed by atoms with E-state index >= 15 is 0 Å². The molecule has 1 unspecified atom stereocenters. The summed E-state index contributed by atoms with van der Waals surface area (Å²) in [6, 6.07) is 11.0. The fraction of sp³-hybridized carbons (Fsp3) is 0.250. The maximum Gasteiger partial charge on any atom is 0.124 e. The van der Waals surface area contributed by atoms with Crippen LogP contribution >= 0.6 is 11.6 Å². The molecule has 0 aliphatic rings. The number of methoxy groups -OCH3 is 2. The zero-order valence-corrected chi connectivity index (χ0v) is 12.6. The molecule has 0 fully saturated rings. The monoisotopic (exact) mass is 291 g/mol.